The van der Waals surface area contributed by atoms with Crippen LogP contribution in [0.25, 0.3) is 22.3 Å². The molecule has 0 spiro atoms. The number of rotatable bonds is 3. The van der Waals surface area contributed by atoms with E-state index >= 15 is 0 Å². The topological polar surface area (TPSA) is 0 Å². The first-order valence-electron chi connectivity index (χ1n) is 8.68. The number of hydrogen-bond acceptors (Lipinski definition) is 0. The highest BCUT2D eigenvalue weighted by Crippen LogP contribution is 2.30. The molecule has 0 saturated heterocycles. The van der Waals surface area contributed by atoms with Crippen molar-refractivity contribution in [2.24, 2.45) is 5.41 Å². The molecule has 0 aliphatic carbocycles. The van der Waals surface area contributed by atoms with Gasteiger partial charge in [0.15, 0.2) is 0 Å². The predicted octanol–water partition coefficient (Wildman–Crippen LogP) is 6.92. The van der Waals surface area contributed by atoms with Crippen LogP contribution in [0.4, 0.5) is 0 Å². The van der Waals surface area contributed by atoms with Gasteiger partial charge >= 0.3 is 0 Å². The average Bonchev–Trinajstić information content (AvgIpc) is 2.55. The minimum absolute atomic E-state index is 0.325. The van der Waals surface area contributed by atoms with E-state index in [2.05, 4.69) is 100 Å². The molecule has 3 aromatic rings. The second-order valence-electron chi connectivity index (χ2n) is 7.83. The molecule has 0 fully saturated rings. The second kappa shape index (κ2) is 6.65. The Hall–Kier alpha value is -2.34. The summed E-state index contributed by atoms with van der Waals surface area (Å²) in [5.74, 6) is 0. The molecule has 0 N–H and O–H groups in total. The van der Waals surface area contributed by atoms with Crippen molar-refractivity contribution in [2.45, 2.75) is 34.1 Å². The zero-order chi connectivity index (χ0) is 17.2. The Bertz CT molecular complexity index is 803. The second-order valence-corrected chi connectivity index (χ2v) is 7.83. The van der Waals surface area contributed by atoms with Gasteiger partial charge in [0.1, 0.15) is 0 Å². The molecule has 3 rings (SSSR count). The quantitative estimate of drug-likeness (QED) is 0.492. The van der Waals surface area contributed by atoms with E-state index in [9.17, 15) is 0 Å². The van der Waals surface area contributed by atoms with Gasteiger partial charge in [0.25, 0.3) is 0 Å². The molecule has 0 amide bonds. The van der Waals surface area contributed by atoms with Gasteiger partial charge in [0, 0.05) is 0 Å². The van der Waals surface area contributed by atoms with E-state index in [1.165, 1.54) is 33.4 Å². The summed E-state index contributed by atoms with van der Waals surface area (Å²) < 4.78 is 0. The van der Waals surface area contributed by atoms with E-state index in [0.717, 1.165) is 6.42 Å². The van der Waals surface area contributed by atoms with Crippen molar-refractivity contribution in [3.05, 3.63) is 83.9 Å². The van der Waals surface area contributed by atoms with Crippen LogP contribution < -0.4 is 0 Å². The normalized spacial score (nSPS) is 11.5. The molecular weight excluding hydrogens is 288 g/mol. The third kappa shape index (κ3) is 3.94. The average molecular weight is 314 g/mol. The Morgan fingerprint density at radius 3 is 1.92 bits per heavy atom. The highest BCUT2D eigenvalue weighted by molar-refractivity contribution is 5.75. The maximum absolute atomic E-state index is 2.31. The Morgan fingerprint density at radius 2 is 1.29 bits per heavy atom. The van der Waals surface area contributed by atoms with Gasteiger partial charge in [0.05, 0.1) is 0 Å². The summed E-state index contributed by atoms with van der Waals surface area (Å²) >= 11 is 0. The molecule has 0 aromatic heterocycles. The highest BCUT2D eigenvalue weighted by atomic mass is 14.2. The van der Waals surface area contributed by atoms with Crippen LogP contribution in [0.5, 0.6) is 0 Å². The van der Waals surface area contributed by atoms with E-state index in [0.29, 0.717) is 5.41 Å². The lowest BCUT2D eigenvalue weighted by molar-refractivity contribution is 0.411. The van der Waals surface area contributed by atoms with Crippen LogP contribution in [0, 0.1) is 12.3 Å². The van der Waals surface area contributed by atoms with Crippen molar-refractivity contribution in [3.8, 4) is 22.3 Å². The molecule has 0 heteroatoms. The van der Waals surface area contributed by atoms with Crippen molar-refractivity contribution in [1.82, 2.24) is 0 Å². The van der Waals surface area contributed by atoms with Gasteiger partial charge in [-0.1, -0.05) is 87.5 Å². The first-order valence-corrected chi connectivity index (χ1v) is 8.68. The minimum atomic E-state index is 0.325. The first kappa shape index (κ1) is 16.5. The van der Waals surface area contributed by atoms with E-state index in [4.69, 9.17) is 0 Å². The molecule has 3 aromatic carbocycles. The molecule has 0 atom stereocenters. The standard InChI is InChI=1S/C24H26/c1-18-10-13-22(16-23(18)21-8-6-5-7-9-21)20-14-11-19(12-15-20)17-24(2,3)4/h5-16H,17H2,1-4H3. The summed E-state index contributed by atoms with van der Waals surface area (Å²) in [7, 11) is 0. The molecular formula is C24H26. The van der Waals surface area contributed by atoms with E-state index in [-0.39, 0.29) is 0 Å². The molecule has 0 radical (unpaired) electrons. The summed E-state index contributed by atoms with van der Waals surface area (Å²) in [5, 5.41) is 0. The van der Waals surface area contributed by atoms with Crippen LogP contribution in [0.3, 0.4) is 0 Å². The van der Waals surface area contributed by atoms with Crippen LogP contribution in [0.1, 0.15) is 31.9 Å². The van der Waals surface area contributed by atoms with Gasteiger partial charge in [-0.25, -0.2) is 0 Å². The third-order valence-corrected chi connectivity index (χ3v) is 4.34. The fourth-order valence-corrected chi connectivity index (χ4v) is 3.16. The smallest absolute Gasteiger partial charge is 0.0149 e. The Morgan fingerprint density at radius 1 is 0.667 bits per heavy atom. The largest absolute Gasteiger partial charge is 0.0622 e. The van der Waals surface area contributed by atoms with Crippen molar-refractivity contribution >= 4 is 0 Å². The summed E-state index contributed by atoms with van der Waals surface area (Å²) in [5.41, 5.74) is 8.20. The zero-order valence-electron chi connectivity index (χ0n) is 15.1. The summed E-state index contributed by atoms with van der Waals surface area (Å²) in [6.07, 6.45) is 1.11. The Labute approximate surface area is 146 Å². The molecule has 122 valence electrons. The zero-order valence-corrected chi connectivity index (χ0v) is 15.1. The molecule has 0 aliphatic rings. The van der Waals surface area contributed by atoms with Gasteiger partial charge in [-0.2, -0.15) is 0 Å². The molecule has 0 unspecified atom stereocenters. The van der Waals surface area contributed by atoms with Crippen LogP contribution in [-0.4, -0.2) is 0 Å². The van der Waals surface area contributed by atoms with Gasteiger partial charge in [-0.15, -0.1) is 0 Å². The van der Waals surface area contributed by atoms with Crippen LogP contribution in [-0.2, 0) is 6.42 Å². The van der Waals surface area contributed by atoms with Crippen molar-refractivity contribution in [2.75, 3.05) is 0 Å². The van der Waals surface area contributed by atoms with E-state index in [1.54, 1.807) is 0 Å². The number of aryl methyl sites for hydroxylation is 1. The van der Waals surface area contributed by atoms with Crippen molar-refractivity contribution in [1.29, 1.82) is 0 Å². The van der Waals surface area contributed by atoms with Gasteiger partial charge in [0.2, 0.25) is 0 Å². The van der Waals surface area contributed by atoms with E-state index in [1.807, 2.05) is 0 Å². The van der Waals surface area contributed by atoms with Crippen molar-refractivity contribution < 1.29 is 0 Å². The molecule has 0 aliphatic heterocycles. The van der Waals surface area contributed by atoms with Crippen molar-refractivity contribution in [3.63, 3.8) is 0 Å². The lowest BCUT2D eigenvalue weighted by Gasteiger charge is -2.18. The van der Waals surface area contributed by atoms with Crippen LogP contribution >= 0.6 is 0 Å². The molecule has 0 bridgehead atoms. The minimum Gasteiger partial charge on any atom is -0.0622 e. The lowest BCUT2D eigenvalue weighted by Crippen LogP contribution is -2.08. The number of hydrogen-bond donors (Lipinski definition) is 0. The van der Waals surface area contributed by atoms with Crippen LogP contribution in [0.2, 0.25) is 0 Å². The summed E-state index contributed by atoms with van der Waals surface area (Å²) in [4.78, 5) is 0. The fraction of sp³-hybridized carbons (Fsp3) is 0.250. The van der Waals surface area contributed by atoms with E-state index < -0.39 is 0 Å². The van der Waals surface area contributed by atoms with Gasteiger partial charge in [-0.3, -0.25) is 0 Å². The van der Waals surface area contributed by atoms with Crippen LogP contribution in [0.15, 0.2) is 72.8 Å². The maximum atomic E-state index is 2.31. The number of benzene rings is 3. The highest BCUT2D eigenvalue weighted by Gasteiger charge is 2.11. The molecule has 0 heterocycles. The molecule has 0 saturated carbocycles. The third-order valence-electron chi connectivity index (χ3n) is 4.34. The molecule has 0 nitrogen and oxygen atoms in total. The maximum Gasteiger partial charge on any atom is -0.0149 e. The molecule has 24 heavy (non-hydrogen) atoms. The Balaban J connectivity index is 1.93. The predicted molar refractivity (Wildman–Crippen MR) is 105 cm³/mol. The fourth-order valence-electron chi connectivity index (χ4n) is 3.16. The monoisotopic (exact) mass is 314 g/mol. The van der Waals surface area contributed by atoms with Gasteiger partial charge in [-0.05, 0) is 58.2 Å². The lowest BCUT2D eigenvalue weighted by atomic mass is 9.87. The first-order chi connectivity index (χ1) is 11.4. The SMILES string of the molecule is Cc1ccc(-c2ccc(CC(C)(C)C)cc2)cc1-c1ccccc1. The van der Waals surface area contributed by atoms with Gasteiger partial charge < -0.3 is 0 Å². The summed E-state index contributed by atoms with van der Waals surface area (Å²) in [6, 6.07) is 26.4. The Kier molecular flexibility index (Phi) is 4.57. The summed E-state index contributed by atoms with van der Waals surface area (Å²) in [6.45, 7) is 9.03.